The first kappa shape index (κ1) is 20.5. The molecule has 2 heterocycles. The molecular formula is C22H22FN5O3. The van der Waals surface area contributed by atoms with E-state index >= 15 is 0 Å². The van der Waals surface area contributed by atoms with Crippen LogP contribution in [0.2, 0.25) is 0 Å². The van der Waals surface area contributed by atoms with E-state index in [2.05, 4.69) is 10.4 Å². The van der Waals surface area contributed by atoms with Gasteiger partial charge in [-0.3, -0.25) is 14.2 Å². The van der Waals surface area contributed by atoms with Crippen LogP contribution in [0.3, 0.4) is 0 Å². The van der Waals surface area contributed by atoms with E-state index in [0.717, 1.165) is 10.2 Å². The minimum absolute atomic E-state index is 0.00950. The highest BCUT2D eigenvalue weighted by Gasteiger charge is 2.30. The van der Waals surface area contributed by atoms with Crippen LogP contribution >= 0.6 is 0 Å². The van der Waals surface area contributed by atoms with E-state index in [1.165, 1.54) is 21.6 Å². The van der Waals surface area contributed by atoms with Gasteiger partial charge >= 0.3 is 5.69 Å². The molecule has 0 atom stereocenters. The van der Waals surface area contributed by atoms with E-state index in [9.17, 15) is 18.8 Å². The zero-order valence-electron chi connectivity index (χ0n) is 16.8. The van der Waals surface area contributed by atoms with Crippen LogP contribution in [-0.2, 0) is 30.8 Å². The van der Waals surface area contributed by atoms with Gasteiger partial charge in [0.15, 0.2) is 0 Å². The summed E-state index contributed by atoms with van der Waals surface area (Å²) in [5.41, 5.74) is 1.26. The lowest BCUT2D eigenvalue weighted by atomic mass is 10.1. The number of benzene rings is 2. The molecule has 0 bridgehead atoms. The van der Waals surface area contributed by atoms with Crippen molar-refractivity contribution < 1.29 is 14.0 Å². The van der Waals surface area contributed by atoms with Crippen LogP contribution in [0.15, 0.2) is 59.4 Å². The molecule has 0 fully saturated rings. The standard InChI is InChI=1S/C22H22FN5O3/c23-18-8-4-7-17(13-18)14-26-11-12-27-20(21(26)30)25-28(22(27)31)15-19(29)24-10-9-16-5-2-1-3-6-16/h1-8,13H,9-12,14-15H2,(H,24,29). The van der Waals surface area contributed by atoms with E-state index in [-0.39, 0.29) is 37.2 Å². The highest BCUT2D eigenvalue weighted by atomic mass is 19.1. The molecule has 0 spiro atoms. The molecule has 1 aromatic heterocycles. The van der Waals surface area contributed by atoms with Crippen molar-refractivity contribution in [3.8, 4) is 0 Å². The lowest BCUT2D eigenvalue weighted by Crippen LogP contribution is -2.42. The summed E-state index contributed by atoms with van der Waals surface area (Å²) in [6, 6.07) is 15.8. The summed E-state index contributed by atoms with van der Waals surface area (Å²) in [5.74, 6) is -1.15. The number of halogens is 1. The number of aromatic nitrogens is 3. The Bertz CT molecular complexity index is 1160. The van der Waals surface area contributed by atoms with Gasteiger partial charge in [-0.1, -0.05) is 42.5 Å². The SMILES string of the molecule is O=C(Cn1nc2n(c1=O)CCN(Cc1cccc(F)c1)C2=O)NCCc1ccccc1. The van der Waals surface area contributed by atoms with E-state index in [0.29, 0.717) is 25.1 Å². The Morgan fingerprint density at radius 1 is 1.03 bits per heavy atom. The van der Waals surface area contributed by atoms with Gasteiger partial charge in [-0.2, -0.15) is 0 Å². The molecule has 0 saturated heterocycles. The van der Waals surface area contributed by atoms with E-state index < -0.39 is 11.6 Å². The number of amides is 2. The molecule has 0 radical (unpaired) electrons. The topological polar surface area (TPSA) is 89.2 Å². The van der Waals surface area contributed by atoms with Crippen LogP contribution in [0, 0.1) is 5.82 Å². The smallest absolute Gasteiger partial charge is 0.346 e. The maximum atomic E-state index is 13.4. The summed E-state index contributed by atoms with van der Waals surface area (Å²) in [6.07, 6.45) is 0.675. The van der Waals surface area contributed by atoms with Crippen LogP contribution < -0.4 is 11.0 Å². The molecule has 0 aliphatic carbocycles. The van der Waals surface area contributed by atoms with Crippen LogP contribution in [0.4, 0.5) is 4.39 Å². The van der Waals surface area contributed by atoms with Gasteiger partial charge < -0.3 is 10.2 Å². The monoisotopic (exact) mass is 423 g/mol. The Kier molecular flexibility index (Phi) is 5.92. The van der Waals surface area contributed by atoms with Gasteiger partial charge in [-0.25, -0.2) is 13.9 Å². The molecule has 1 N–H and O–H groups in total. The molecular weight excluding hydrogens is 401 g/mol. The third kappa shape index (κ3) is 4.71. The summed E-state index contributed by atoms with van der Waals surface area (Å²) in [6.45, 7) is 0.968. The van der Waals surface area contributed by atoms with Gasteiger partial charge in [0.2, 0.25) is 11.7 Å². The number of rotatable bonds is 7. The fraction of sp³-hybridized carbons (Fsp3) is 0.273. The van der Waals surface area contributed by atoms with Gasteiger partial charge in [0, 0.05) is 26.2 Å². The van der Waals surface area contributed by atoms with Crippen LogP contribution in [0.25, 0.3) is 0 Å². The van der Waals surface area contributed by atoms with Crippen molar-refractivity contribution >= 4 is 11.8 Å². The molecule has 2 aromatic carbocycles. The Hall–Kier alpha value is -3.75. The van der Waals surface area contributed by atoms with Crippen molar-refractivity contribution in [2.75, 3.05) is 13.1 Å². The minimum atomic E-state index is -0.494. The second-order valence-electron chi connectivity index (χ2n) is 7.36. The molecule has 1 aliphatic heterocycles. The Morgan fingerprint density at radius 2 is 1.81 bits per heavy atom. The van der Waals surface area contributed by atoms with Crippen molar-refractivity contribution in [1.82, 2.24) is 24.6 Å². The fourth-order valence-corrected chi connectivity index (χ4v) is 3.56. The predicted molar refractivity (Wildman–Crippen MR) is 111 cm³/mol. The molecule has 0 unspecified atom stereocenters. The first-order valence-electron chi connectivity index (χ1n) is 10.0. The van der Waals surface area contributed by atoms with Crippen LogP contribution in [-0.4, -0.2) is 44.2 Å². The average Bonchev–Trinajstić information content (AvgIpc) is 3.07. The molecule has 4 rings (SSSR count). The van der Waals surface area contributed by atoms with Gasteiger partial charge in [0.1, 0.15) is 12.4 Å². The van der Waals surface area contributed by atoms with Crippen molar-refractivity contribution in [2.24, 2.45) is 0 Å². The van der Waals surface area contributed by atoms with Gasteiger partial charge in [0.25, 0.3) is 5.91 Å². The maximum absolute atomic E-state index is 13.4. The molecule has 31 heavy (non-hydrogen) atoms. The summed E-state index contributed by atoms with van der Waals surface area (Å²) >= 11 is 0. The first-order chi connectivity index (χ1) is 15.0. The molecule has 9 heteroatoms. The molecule has 2 amide bonds. The molecule has 1 aliphatic rings. The Balaban J connectivity index is 1.39. The molecule has 3 aromatic rings. The summed E-state index contributed by atoms with van der Waals surface area (Å²) < 4.78 is 15.7. The molecule has 8 nitrogen and oxygen atoms in total. The summed E-state index contributed by atoms with van der Waals surface area (Å²) in [4.78, 5) is 39.1. The van der Waals surface area contributed by atoms with Crippen LogP contribution in [0.1, 0.15) is 21.7 Å². The molecule has 160 valence electrons. The van der Waals surface area contributed by atoms with Crippen molar-refractivity contribution in [1.29, 1.82) is 0 Å². The Labute approximate surface area is 177 Å². The number of carbonyl (C=O) groups excluding carboxylic acids is 2. The number of nitrogens with one attached hydrogen (secondary N) is 1. The quantitative estimate of drug-likeness (QED) is 0.619. The second kappa shape index (κ2) is 8.95. The third-order valence-corrected chi connectivity index (χ3v) is 5.13. The minimum Gasteiger partial charge on any atom is -0.354 e. The zero-order valence-corrected chi connectivity index (χ0v) is 16.8. The van der Waals surface area contributed by atoms with Crippen molar-refractivity contribution in [3.05, 3.63) is 87.9 Å². The lowest BCUT2D eigenvalue weighted by Gasteiger charge is -2.26. The third-order valence-electron chi connectivity index (χ3n) is 5.13. The summed E-state index contributed by atoms with van der Waals surface area (Å²) in [5, 5.41) is 6.85. The first-order valence-corrected chi connectivity index (χ1v) is 10.0. The number of nitrogens with zero attached hydrogens (tertiary/aromatic N) is 4. The number of fused-ring (bicyclic) bond motifs is 1. The maximum Gasteiger partial charge on any atom is 0.346 e. The number of hydrogen-bond donors (Lipinski definition) is 1. The lowest BCUT2D eigenvalue weighted by molar-refractivity contribution is -0.121. The van der Waals surface area contributed by atoms with E-state index in [1.54, 1.807) is 12.1 Å². The second-order valence-corrected chi connectivity index (χ2v) is 7.36. The Morgan fingerprint density at radius 3 is 2.58 bits per heavy atom. The largest absolute Gasteiger partial charge is 0.354 e. The van der Waals surface area contributed by atoms with E-state index in [1.807, 2.05) is 30.3 Å². The van der Waals surface area contributed by atoms with Gasteiger partial charge in [-0.05, 0) is 29.7 Å². The normalized spacial score (nSPS) is 13.2. The average molecular weight is 423 g/mol. The van der Waals surface area contributed by atoms with Crippen LogP contribution in [0.5, 0.6) is 0 Å². The predicted octanol–water partition coefficient (Wildman–Crippen LogP) is 1.20. The van der Waals surface area contributed by atoms with Gasteiger partial charge in [0.05, 0.1) is 0 Å². The molecule has 0 saturated carbocycles. The number of carbonyl (C=O) groups is 2. The van der Waals surface area contributed by atoms with Crippen molar-refractivity contribution in [2.45, 2.75) is 26.1 Å². The van der Waals surface area contributed by atoms with Gasteiger partial charge in [-0.15, -0.1) is 5.10 Å². The number of hydrogen-bond acceptors (Lipinski definition) is 4. The van der Waals surface area contributed by atoms with E-state index in [4.69, 9.17) is 0 Å². The fourth-order valence-electron chi connectivity index (χ4n) is 3.56. The zero-order chi connectivity index (χ0) is 21.8. The van der Waals surface area contributed by atoms with Crippen molar-refractivity contribution in [3.63, 3.8) is 0 Å². The highest BCUT2D eigenvalue weighted by molar-refractivity contribution is 5.91. The summed E-state index contributed by atoms with van der Waals surface area (Å²) in [7, 11) is 0. The highest BCUT2D eigenvalue weighted by Crippen LogP contribution is 2.13.